The molecule has 0 fully saturated rings. The van der Waals surface area contributed by atoms with Crippen LogP contribution < -0.4 is 29.6 Å². The molecule has 0 aliphatic carbocycles. The first-order chi connectivity index (χ1) is 11.3. The number of benzene rings is 2. The van der Waals surface area contributed by atoms with Crippen molar-refractivity contribution in [3.63, 3.8) is 0 Å². The van der Waals surface area contributed by atoms with Crippen molar-refractivity contribution in [1.29, 1.82) is 0 Å². The molecule has 0 saturated heterocycles. The van der Waals surface area contributed by atoms with Gasteiger partial charge in [0.25, 0.3) is 10.1 Å². The molecule has 0 saturated carbocycles. The van der Waals surface area contributed by atoms with Gasteiger partial charge in [-0.2, -0.15) is 8.42 Å². The van der Waals surface area contributed by atoms with Crippen LogP contribution in [-0.2, 0) is 16.5 Å². The summed E-state index contributed by atoms with van der Waals surface area (Å²) in [5.41, 5.74) is 4.38. The minimum absolute atomic E-state index is 0. The fraction of sp³-hybridized carbons (Fsp3) is 0.118. The minimum Gasteiger partial charge on any atom is -0.282 e. The summed E-state index contributed by atoms with van der Waals surface area (Å²) in [7, 11) is -0.917. The predicted molar refractivity (Wildman–Crippen MR) is 102 cm³/mol. The Hall–Kier alpha value is -0.380. The molecule has 3 aromatic rings. The van der Waals surface area contributed by atoms with Gasteiger partial charge in [-0.25, -0.2) is 0 Å². The van der Waals surface area contributed by atoms with Crippen LogP contribution in [0.5, 0.6) is 0 Å². The van der Waals surface area contributed by atoms with E-state index in [9.17, 15) is 8.42 Å². The molecule has 2 aromatic carbocycles. The van der Waals surface area contributed by atoms with Crippen molar-refractivity contribution >= 4 is 43.0 Å². The molecule has 1 N–H and O–H groups in total. The van der Waals surface area contributed by atoms with E-state index >= 15 is 0 Å². The van der Waals surface area contributed by atoms with E-state index in [0.717, 1.165) is 25.4 Å². The minimum atomic E-state index is -4.16. The smallest absolute Gasteiger partial charge is 0.282 e. The molecule has 1 aromatic heterocycles. The fourth-order valence-electron chi connectivity index (χ4n) is 2.42. The molecule has 8 heteroatoms. The Kier molecular flexibility index (Phi) is 7.15. The van der Waals surface area contributed by atoms with E-state index in [4.69, 9.17) is 16.8 Å². The van der Waals surface area contributed by atoms with Crippen LogP contribution >= 0.6 is 32.9 Å². The standard InChI is InChI=1S/C17H14O3S4.Na/c1-11-3-2-4-13(9-11)16-15(17(21)23-22-16)10-12-5-7-14(8-6-12)24(18,19)20;/h2-9H,10H2,1H3,(H,18,19,20);/q;+1. The Balaban J connectivity index is 0.00000225. The molecular formula is C17H14NaO3S4+. The van der Waals surface area contributed by atoms with Gasteiger partial charge in [-0.3, -0.25) is 4.55 Å². The molecular weight excluding hydrogens is 403 g/mol. The summed E-state index contributed by atoms with van der Waals surface area (Å²) in [5.74, 6) is 0. The Morgan fingerprint density at radius 1 is 1.08 bits per heavy atom. The van der Waals surface area contributed by atoms with E-state index < -0.39 is 10.1 Å². The van der Waals surface area contributed by atoms with Gasteiger partial charge in [0, 0.05) is 12.0 Å². The molecule has 0 radical (unpaired) electrons. The number of rotatable bonds is 4. The van der Waals surface area contributed by atoms with Gasteiger partial charge in [0.2, 0.25) is 0 Å². The summed E-state index contributed by atoms with van der Waals surface area (Å²) in [6.07, 6.45) is 0.633. The number of hydrogen-bond acceptors (Lipinski definition) is 5. The first-order valence-corrected chi connectivity index (χ1v) is 11.1. The van der Waals surface area contributed by atoms with Gasteiger partial charge in [0.15, 0.2) is 0 Å². The predicted octanol–water partition coefficient (Wildman–Crippen LogP) is 2.36. The van der Waals surface area contributed by atoms with E-state index in [-0.39, 0.29) is 34.5 Å². The third kappa shape index (κ3) is 5.08. The van der Waals surface area contributed by atoms with E-state index in [1.807, 2.05) is 6.07 Å². The van der Waals surface area contributed by atoms with Crippen molar-refractivity contribution in [1.82, 2.24) is 0 Å². The molecule has 0 atom stereocenters. The third-order valence-corrected chi connectivity index (χ3v) is 7.66. The number of hydrogen-bond donors (Lipinski definition) is 1. The van der Waals surface area contributed by atoms with Crippen LogP contribution in [0.25, 0.3) is 10.4 Å². The van der Waals surface area contributed by atoms with Crippen molar-refractivity contribution in [2.24, 2.45) is 0 Å². The van der Waals surface area contributed by atoms with Crippen LogP contribution in [0, 0.1) is 10.7 Å². The average Bonchev–Trinajstić information content (AvgIpc) is 2.88. The molecule has 0 aliphatic rings. The van der Waals surface area contributed by atoms with Crippen molar-refractivity contribution in [3.05, 3.63) is 69.0 Å². The second-order valence-corrected chi connectivity index (χ2v) is 9.67. The first-order valence-electron chi connectivity index (χ1n) is 7.10. The van der Waals surface area contributed by atoms with Gasteiger partial charge in [-0.15, -0.1) is 0 Å². The van der Waals surface area contributed by atoms with Crippen LogP contribution in [-0.4, -0.2) is 13.0 Å². The maximum Gasteiger partial charge on any atom is 1.00 e. The molecule has 3 nitrogen and oxygen atoms in total. The molecule has 0 amide bonds. The van der Waals surface area contributed by atoms with E-state index in [1.54, 1.807) is 32.8 Å². The molecule has 0 aliphatic heterocycles. The summed E-state index contributed by atoms with van der Waals surface area (Å²) < 4.78 is 32.2. The molecule has 1 heterocycles. The molecule has 0 spiro atoms. The van der Waals surface area contributed by atoms with Crippen molar-refractivity contribution in [2.45, 2.75) is 18.2 Å². The largest absolute Gasteiger partial charge is 1.00 e. The van der Waals surface area contributed by atoms with Gasteiger partial charge in [0.05, 0.1) is 9.77 Å². The van der Waals surface area contributed by atoms with Gasteiger partial charge in [-0.1, -0.05) is 74.9 Å². The SMILES string of the molecule is Cc1cccc(-c2ssc(=S)c2Cc2ccc(S(=O)(=O)O)cc2)c1.[Na+]. The maximum absolute atomic E-state index is 11.1. The number of aryl methyl sites for hydroxylation is 1. The Labute approximate surface area is 181 Å². The van der Waals surface area contributed by atoms with Gasteiger partial charge < -0.3 is 0 Å². The fourth-order valence-corrected chi connectivity index (χ4v) is 5.81. The Morgan fingerprint density at radius 3 is 2.36 bits per heavy atom. The van der Waals surface area contributed by atoms with Crippen molar-refractivity contribution in [3.8, 4) is 10.4 Å². The average molecular weight is 418 g/mol. The summed E-state index contributed by atoms with van der Waals surface area (Å²) in [5, 5.41) is 0. The zero-order valence-electron chi connectivity index (χ0n) is 13.7. The van der Waals surface area contributed by atoms with Crippen molar-refractivity contribution in [2.75, 3.05) is 0 Å². The molecule has 0 bridgehead atoms. The second kappa shape index (κ2) is 8.54. The summed E-state index contributed by atoms with van der Waals surface area (Å²) in [6, 6.07) is 14.5. The summed E-state index contributed by atoms with van der Waals surface area (Å²) in [6.45, 7) is 2.06. The molecule has 25 heavy (non-hydrogen) atoms. The van der Waals surface area contributed by atoms with E-state index in [0.29, 0.717) is 6.42 Å². The van der Waals surface area contributed by atoms with E-state index in [1.165, 1.54) is 17.7 Å². The van der Waals surface area contributed by atoms with Gasteiger partial charge >= 0.3 is 29.6 Å². The quantitative estimate of drug-likeness (QED) is 0.306. The topological polar surface area (TPSA) is 54.4 Å². The van der Waals surface area contributed by atoms with Crippen LogP contribution in [0.1, 0.15) is 16.7 Å². The first kappa shape index (κ1) is 20.9. The molecule has 3 rings (SSSR count). The molecule has 124 valence electrons. The zero-order chi connectivity index (χ0) is 17.3. The normalized spacial score (nSPS) is 11.1. The summed E-state index contributed by atoms with van der Waals surface area (Å²) in [4.78, 5) is 1.06. The third-order valence-electron chi connectivity index (χ3n) is 3.60. The van der Waals surface area contributed by atoms with Gasteiger partial charge in [-0.05, 0) is 30.2 Å². The summed E-state index contributed by atoms with van der Waals surface area (Å²) >= 11 is 5.48. The zero-order valence-corrected chi connectivity index (χ0v) is 19.0. The van der Waals surface area contributed by atoms with Gasteiger partial charge in [0.1, 0.15) is 3.82 Å². The Bertz CT molecular complexity index is 1030. The van der Waals surface area contributed by atoms with Crippen LogP contribution in [0.4, 0.5) is 0 Å². The van der Waals surface area contributed by atoms with Crippen LogP contribution in [0.3, 0.4) is 0 Å². The second-order valence-electron chi connectivity index (χ2n) is 5.43. The Morgan fingerprint density at radius 2 is 1.76 bits per heavy atom. The van der Waals surface area contributed by atoms with Crippen LogP contribution in [0.2, 0.25) is 0 Å². The monoisotopic (exact) mass is 417 g/mol. The van der Waals surface area contributed by atoms with Crippen LogP contribution in [0.15, 0.2) is 53.4 Å². The van der Waals surface area contributed by atoms with E-state index in [2.05, 4.69) is 25.1 Å². The maximum atomic E-state index is 11.1. The molecule has 0 unspecified atom stereocenters. The van der Waals surface area contributed by atoms with Crippen molar-refractivity contribution < 1.29 is 42.5 Å².